The molecule has 4 rings (SSSR count). The number of nitrogens with zero attached hydrogens (tertiary/aromatic N) is 2. The molecule has 2 fully saturated rings. The first-order valence-corrected chi connectivity index (χ1v) is 9.05. The summed E-state index contributed by atoms with van der Waals surface area (Å²) in [5.41, 5.74) is 3.30. The van der Waals surface area contributed by atoms with Gasteiger partial charge in [0.1, 0.15) is 0 Å². The lowest BCUT2D eigenvalue weighted by Gasteiger charge is -2.22. The van der Waals surface area contributed by atoms with E-state index in [2.05, 4.69) is 16.5 Å². The molecule has 1 aliphatic heterocycles. The molecule has 1 N–H and O–H groups in total. The van der Waals surface area contributed by atoms with Crippen molar-refractivity contribution in [1.29, 1.82) is 0 Å². The molecular formula is C19H25N3O. The Kier molecular flexibility index (Phi) is 4.17. The Bertz CT molecular complexity index is 694. The zero-order valence-electron chi connectivity index (χ0n) is 13.6. The van der Waals surface area contributed by atoms with Crippen LogP contribution in [0.4, 0.5) is 0 Å². The first-order valence-electron chi connectivity index (χ1n) is 9.05. The molecule has 3 heterocycles. The van der Waals surface area contributed by atoms with E-state index in [1.165, 1.54) is 24.8 Å². The second-order valence-corrected chi connectivity index (χ2v) is 7.02. The van der Waals surface area contributed by atoms with Crippen molar-refractivity contribution in [2.24, 2.45) is 5.92 Å². The van der Waals surface area contributed by atoms with Crippen molar-refractivity contribution in [3.05, 3.63) is 30.1 Å². The zero-order chi connectivity index (χ0) is 15.6. The fraction of sp³-hybridized carbons (Fsp3) is 0.579. The van der Waals surface area contributed by atoms with Crippen LogP contribution in [0.2, 0.25) is 0 Å². The molecule has 122 valence electrons. The summed E-state index contributed by atoms with van der Waals surface area (Å²) in [4.78, 5) is 17.6. The van der Waals surface area contributed by atoms with Crippen molar-refractivity contribution < 1.29 is 4.79 Å². The number of fused-ring (bicyclic) bond motifs is 1. The second kappa shape index (κ2) is 6.44. The number of carbonyl (C=O) groups excluding carboxylic acids is 1. The normalized spacial score (nSPS) is 20.9. The Hall–Kier alpha value is -1.68. The molecule has 0 amide bonds. The van der Waals surface area contributed by atoms with Gasteiger partial charge >= 0.3 is 0 Å². The molecule has 2 aromatic rings. The van der Waals surface area contributed by atoms with E-state index in [0.29, 0.717) is 5.92 Å². The van der Waals surface area contributed by atoms with E-state index in [1.54, 1.807) is 0 Å². The molecule has 0 spiro atoms. The van der Waals surface area contributed by atoms with Gasteiger partial charge in [-0.15, -0.1) is 0 Å². The lowest BCUT2D eigenvalue weighted by Crippen LogP contribution is -2.26. The number of rotatable bonds is 2. The molecule has 0 unspecified atom stereocenters. The SMILES string of the molecule is O=C(C1CCCCC1)n1cc(C2CCNCC2)c2ncccc21. The lowest BCUT2D eigenvalue weighted by molar-refractivity contribution is 0.0807. The largest absolute Gasteiger partial charge is 0.317 e. The molecule has 2 aromatic heterocycles. The van der Waals surface area contributed by atoms with Gasteiger partial charge in [0, 0.05) is 18.3 Å². The number of piperidine rings is 1. The monoisotopic (exact) mass is 311 g/mol. The van der Waals surface area contributed by atoms with Crippen LogP contribution in [0.25, 0.3) is 11.0 Å². The van der Waals surface area contributed by atoms with E-state index < -0.39 is 0 Å². The molecule has 0 aromatic carbocycles. The lowest BCUT2D eigenvalue weighted by atomic mass is 9.88. The van der Waals surface area contributed by atoms with Gasteiger partial charge < -0.3 is 5.32 Å². The standard InChI is InChI=1S/C19H25N3O/c23-19(15-5-2-1-3-6-15)22-13-16(14-8-11-20-12-9-14)18-17(22)7-4-10-21-18/h4,7,10,13-15,20H,1-3,5-6,8-9,11-12H2. The molecule has 2 aliphatic rings. The fourth-order valence-electron chi connectivity index (χ4n) is 4.24. The highest BCUT2D eigenvalue weighted by Crippen LogP contribution is 2.33. The molecule has 0 radical (unpaired) electrons. The molecule has 1 aliphatic carbocycles. The number of hydrogen-bond donors (Lipinski definition) is 1. The van der Waals surface area contributed by atoms with Crippen molar-refractivity contribution in [3.63, 3.8) is 0 Å². The van der Waals surface area contributed by atoms with Gasteiger partial charge in [0.05, 0.1) is 11.0 Å². The van der Waals surface area contributed by atoms with Crippen LogP contribution in [0.5, 0.6) is 0 Å². The predicted octanol–water partition coefficient (Wildman–Crippen LogP) is 3.72. The fourth-order valence-corrected chi connectivity index (χ4v) is 4.24. The Labute approximate surface area is 137 Å². The van der Waals surface area contributed by atoms with Gasteiger partial charge in [-0.3, -0.25) is 14.3 Å². The summed E-state index contributed by atoms with van der Waals surface area (Å²) >= 11 is 0. The van der Waals surface area contributed by atoms with Gasteiger partial charge in [0.25, 0.3) is 0 Å². The smallest absolute Gasteiger partial charge is 0.234 e. The summed E-state index contributed by atoms with van der Waals surface area (Å²) in [7, 11) is 0. The van der Waals surface area contributed by atoms with Crippen LogP contribution in [0.15, 0.2) is 24.5 Å². The van der Waals surface area contributed by atoms with Gasteiger partial charge in [-0.2, -0.15) is 0 Å². The van der Waals surface area contributed by atoms with Crippen LogP contribution in [0, 0.1) is 5.92 Å². The molecule has 4 heteroatoms. The first kappa shape index (κ1) is 14.9. The number of carbonyl (C=O) groups is 1. The summed E-state index contributed by atoms with van der Waals surface area (Å²) in [6.07, 6.45) is 12.0. The summed E-state index contributed by atoms with van der Waals surface area (Å²) < 4.78 is 1.91. The molecule has 23 heavy (non-hydrogen) atoms. The van der Waals surface area contributed by atoms with Gasteiger partial charge in [-0.1, -0.05) is 19.3 Å². The Morgan fingerprint density at radius 3 is 2.70 bits per heavy atom. The van der Waals surface area contributed by atoms with Crippen LogP contribution in [-0.4, -0.2) is 28.5 Å². The van der Waals surface area contributed by atoms with Crippen molar-refractivity contribution in [2.45, 2.75) is 50.9 Å². The summed E-state index contributed by atoms with van der Waals surface area (Å²) in [5, 5.41) is 3.42. The topological polar surface area (TPSA) is 46.9 Å². The Morgan fingerprint density at radius 2 is 1.91 bits per heavy atom. The minimum atomic E-state index is 0.195. The molecule has 0 atom stereocenters. The van der Waals surface area contributed by atoms with E-state index >= 15 is 0 Å². The quantitative estimate of drug-likeness (QED) is 0.919. The maximum absolute atomic E-state index is 13.0. The van der Waals surface area contributed by atoms with E-state index in [1.807, 2.05) is 22.9 Å². The number of nitrogens with one attached hydrogen (secondary N) is 1. The van der Waals surface area contributed by atoms with Gasteiger partial charge in [-0.25, -0.2) is 0 Å². The minimum Gasteiger partial charge on any atom is -0.317 e. The van der Waals surface area contributed by atoms with E-state index in [9.17, 15) is 4.79 Å². The number of hydrogen-bond acceptors (Lipinski definition) is 3. The van der Waals surface area contributed by atoms with Gasteiger partial charge in [0.15, 0.2) is 0 Å². The molecule has 0 bridgehead atoms. The predicted molar refractivity (Wildman–Crippen MR) is 91.8 cm³/mol. The van der Waals surface area contributed by atoms with E-state index in [-0.39, 0.29) is 11.8 Å². The maximum atomic E-state index is 13.0. The molecule has 1 saturated heterocycles. The second-order valence-electron chi connectivity index (χ2n) is 7.02. The van der Waals surface area contributed by atoms with Crippen LogP contribution >= 0.6 is 0 Å². The zero-order valence-corrected chi connectivity index (χ0v) is 13.6. The Morgan fingerprint density at radius 1 is 1.13 bits per heavy atom. The average molecular weight is 311 g/mol. The van der Waals surface area contributed by atoms with Crippen LogP contribution in [0.1, 0.15) is 61.2 Å². The summed E-state index contributed by atoms with van der Waals surface area (Å²) in [6, 6.07) is 3.99. The van der Waals surface area contributed by atoms with Crippen molar-refractivity contribution in [1.82, 2.24) is 14.9 Å². The highest BCUT2D eigenvalue weighted by Gasteiger charge is 2.27. The number of aromatic nitrogens is 2. The van der Waals surface area contributed by atoms with Crippen molar-refractivity contribution in [3.8, 4) is 0 Å². The molecule has 1 saturated carbocycles. The minimum absolute atomic E-state index is 0.195. The Balaban J connectivity index is 1.73. The van der Waals surface area contributed by atoms with Crippen LogP contribution in [0.3, 0.4) is 0 Å². The maximum Gasteiger partial charge on any atom is 0.234 e. The first-order chi connectivity index (χ1) is 11.3. The molecular weight excluding hydrogens is 286 g/mol. The molecule has 4 nitrogen and oxygen atoms in total. The summed E-state index contributed by atoms with van der Waals surface area (Å²) in [6.45, 7) is 2.11. The van der Waals surface area contributed by atoms with Gasteiger partial charge in [0.2, 0.25) is 5.91 Å². The third-order valence-electron chi connectivity index (χ3n) is 5.56. The van der Waals surface area contributed by atoms with Crippen molar-refractivity contribution >= 4 is 16.9 Å². The van der Waals surface area contributed by atoms with Crippen LogP contribution < -0.4 is 5.32 Å². The van der Waals surface area contributed by atoms with E-state index in [4.69, 9.17) is 0 Å². The van der Waals surface area contributed by atoms with Crippen molar-refractivity contribution in [2.75, 3.05) is 13.1 Å². The van der Waals surface area contributed by atoms with Crippen LogP contribution in [-0.2, 0) is 0 Å². The summed E-state index contributed by atoms with van der Waals surface area (Å²) in [5.74, 6) is 0.998. The third-order valence-corrected chi connectivity index (χ3v) is 5.56. The van der Waals surface area contributed by atoms with E-state index in [0.717, 1.165) is 49.8 Å². The number of pyridine rings is 1. The highest BCUT2D eigenvalue weighted by atomic mass is 16.2. The van der Waals surface area contributed by atoms with Gasteiger partial charge in [-0.05, 0) is 62.4 Å². The highest BCUT2D eigenvalue weighted by molar-refractivity contribution is 5.93. The average Bonchev–Trinajstić information content (AvgIpc) is 3.02. The third kappa shape index (κ3) is 2.80.